The topological polar surface area (TPSA) is 71.1 Å². The van der Waals surface area contributed by atoms with E-state index in [9.17, 15) is 9.59 Å². The van der Waals surface area contributed by atoms with E-state index in [1.54, 1.807) is 79.9 Å². The molecule has 0 aliphatic heterocycles. The van der Waals surface area contributed by atoms with Crippen LogP contribution >= 0.6 is 11.6 Å². The highest BCUT2D eigenvalue weighted by Crippen LogP contribution is 2.35. The fourth-order valence-corrected chi connectivity index (χ4v) is 3.15. The van der Waals surface area contributed by atoms with Crippen LogP contribution in [0.4, 0.5) is 0 Å². The summed E-state index contributed by atoms with van der Waals surface area (Å²) in [4.78, 5) is 25.1. The number of carbonyl (C=O) groups is 2. The Labute approximate surface area is 185 Å². The Morgan fingerprint density at radius 3 is 2.26 bits per heavy atom. The molecule has 0 spiro atoms. The maximum absolute atomic E-state index is 12.6. The third kappa shape index (κ3) is 5.77. The van der Waals surface area contributed by atoms with Crippen LogP contribution < -0.4 is 14.2 Å². The molecule has 0 aliphatic rings. The van der Waals surface area contributed by atoms with E-state index in [2.05, 4.69) is 0 Å². The molecule has 0 aliphatic carbocycles. The number of esters is 2. The van der Waals surface area contributed by atoms with Crippen LogP contribution in [0.2, 0.25) is 5.02 Å². The zero-order valence-corrected chi connectivity index (χ0v) is 17.8. The summed E-state index contributed by atoms with van der Waals surface area (Å²) in [6.07, 6.45) is -0.254. The summed E-state index contributed by atoms with van der Waals surface area (Å²) in [5.41, 5.74) is 0.494. The molecular weight excluding hydrogens is 420 g/mol. The van der Waals surface area contributed by atoms with Crippen LogP contribution in [0, 0.1) is 0 Å². The number of rotatable bonds is 8. The molecule has 6 nitrogen and oxygen atoms in total. The highest BCUT2D eigenvalue weighted by atomic mass is 35.5. The third-order valence-corrected chi connectivity index (χ3v) is 4.79. The molecule has 0 heterocycles. The zero-order chi connectivity index (χ0) is 22.2. The van der Waals surface area contributed by atoms with Gasteiger partial charge in [0.1, 0.15) is 23.0 Å². The molecule has 0 saturated heterocycles. The van der Waals surface area contributed by atoms with Gasteiger partial charge in [-0.3, -0.25) is 9.59 Å². The van der Waals surface area contributed by atoms with Gasteiger partial charge in [-0.1, -0.05) is 48.0 Å². The van der Waals surface area contributed by atoms with Crippen LogP contribution in [0.3, 0.4) is 0 Å². The van der Waals surface area contributed by atoms with Gasteiger partial charge in [0, 0.05) is 11.6 Å². The summed E-state index contributed by atoms with van der Waals surface area (Å²) < 4.78 is 21.5. The monoisotopic (exact) mass is 440 g/mol. The average Bonchev–Trinajstić information content (AvgIpc) is 2.79. The van der Waals surface area contributed by atoms with Gasteiger partial charge >= 0.3 is 11.9 Å². The lowest BCUT2D eigenvalue weighted by Gasteiger charge is -2.18. The number of hydrogen-bond donors (Lipinski definition) is 0. The lowest BCUT2D eigenvalue weighted by Crippen LogP contribution is -2.21. The van der Waals surface area contributed by atoms with E-state index in [0.29, 0.717) is 27.8 Å². The number of methoxy groups -OCH3 is 2. The smallest absolute Gasteiger partial charge is 0.313 e. The fraction of sp³-hybridized carbons (Fsp3) is 0.167. The molecule has 0 amide bonds. The standard InChI is InChI=1S/C24H21ClO6/c1-28-16-8-7-9-17(14-16)30-21-12-5-3-10-18(21)19(24(27)29-2)15-23(26)31-22-13-6-4-11-20(22)25/h3-14,19H,15H2,1-2H3. The predicted octanol–water partition coefficient (Wildman–Crippen LogP) is 5.39. The maximum atomic E-state index is 12.6. The predicted molar refractivity (Wildman–Crippen MR) is 116 cm³/mol. The van der Waals surface area contributed by atoms with Gasteiger partial charge in [0.25, 0.3) is 0 Å². The van der Waals surface area contributed by atoms with Crippen molar-refractivity contribution >= 4 is 23.5 Å². The van der Waals surface area contributed by atoms with E-state index in [0.717, 1.165) is 0 Å². The van der Waals surface area contributed by atoms with E-state index in [1.165, 1.54) is 7.11 Å². The highest BCUT2D eigenvalue weighted by molar-refractivity contribution is 6.32. The van der Waals surface area contributed by atoms with E-state index < -0.39 is 17.9 Å². The molecule has 3 aromatic carbocycles. The third-order valence-electron chi connectivity index (χ3n) is 4.48. The minimum Gasteiger partial charge on any atom is -0.497 e. The lowest BCUT2D eigenvalue weighted by molar-refractivity contribution is -0.146. The van der Waals surface area contributed by atoms with Crippen LogP contribution in [0.25, 0.3) is 0 Å². The quantitative estimate of drug-likeness (QED) is 0.345. The molecule has 0 fully saturated rings. The minimum atomic E-state index is -0.929. The molecule has 160 valence electrons. The Balaban J connectivity index is 1.86. The zero-order valence-electron chi connectivity index (χ0n) is 17.0. The largest absolute Gasteiger partial charge is 0.497 e. The second-order valence-electron chi connectivity index (χ2n) is 6.50. The Morgan fingerprint density at radius 1 is 0.871 bits per heavy atom. The first kappa shape index (κ1) is 22.2. The van der Waals surface area contributed by atoms with Crippen molar-refractivity contribution < 1.29 is 28.5 Å². The Kier molecular flexibility index (Phi) is 7.51. The van der Waals surface area contributed by atoms with Gasteiger partial charge < -0.3 is 18.9 Å². The number of ether oxygens (including phenoxy) is 4. The second kappa shape index (κ2) is 10.5. The summed E-state index contributed by atoms with van der Waals surface area (Å²) in [5.74, 6) is -0.355. The van der Waals surface area contributed by atoms with Crippen molar-refractivity contribution in [2.24, 2.45) is 0 Å². The summed E-state index contributed by atoms with van der Waals surface area (Å²) in [7, 11) is 2.82. The van der Waals surface area contributed by atoms with E-state index in [4.69, 9.17) is 30.5 Å². The molecule has 3 aromatic rings. The van der Waals surface area contributed by atoms with Crippen molar-refractivity contribution in [3.05, 3.63) is 83.4 Å². The SMILES string of the molecule is COC(=O)C(CC(=O)Oc1ccccc1Cl)c1ccccc1Oc1cccc(OC)c1. The molecule has 0 radical (unpaired) electrons. The van der Waals surface area contributed by atoms with Gasteiger partial charge in [-0.15, -0.1) is 0 Å². The Bertz CT molecular complexity index is 1070. The molecule has 0 aromatic heterocycles. The molecule has 0 N–H and O–H groups in total. The number of para-hydroxylation sites is 2. The van der Waals surface area contributed by atoms with Crippen molar-refractivity contribution in [2.45, 2.75) is 12.3 Å². The molecular formula is C24H21ClO6. The van der Waals surface area contributed by atoms with Gasteiger partial charge in [0.15, 0.2) is 0 Å². The van der Waals surface area contributed by atoms with Gasteiger partial charge in [0.05, 0.1) is 31.6 Å². The van der Waals surface area contributed by atoms with Crippen LogP contribution in [-0.4, -0.2) is 26.2 Å². The second-order valence-corrected chi connectivity index (χ2v) is 6.91. The minimum absolute atomic E-state index is 0.221. The average molecular weight is 441 g/mol. The van der Waals surface area contributed by atoms with Gasteiger partial charge in [-0.25, -0.2) is 0 Å². The van der Waals surface area contributed by atoms with Crippen molar-refractivity contribution in [2.75, 3.05) is 14.2 Å². The van der Waals surface area contributed by atoms with E-state index in [-0.39, 0.29) is 12.2 Å². The first-order chi connectivity index (χ1) is 15.0. The first-order valence-electron chi connectivity index (χ1n) is 9.45. The van der Waals surface area contributed by atoms with Crippen LogP contribution in [0.5, 0.6) is 23.0 Å². The van der Waals surface area contributed by atoms with Crippen molar-refractivity contribution in [3.8, 4) is 23.0 Å². The lowest BCUT2D eigenvalue weighted by atomic mass is 9.95. The van der Waals surface area contributed by atoms with Gasteiger partial charge in [-0.05, 0) is 30.3 Å². The molecule has 0 bridgehead atoms. The first-order valence-corrected chi connectivity index (χ1v) is 9.83. The fourth-order valence-electron chi connectivity index (χ4n) is 2.97. The number of carbonyl (C=O) groups excluding carboxylic acids is 2. The van der Waals surface area contributed by atoms with Crippen molar-refractivity contribution in [1.82, 2.24) is 0 Å². The van der Waals surface area contributed by atoms with E-state index in [1.807, 2.05) is 0 Å². The van der Waals surface area contributed by atoms with Crippen LogP contribution in [0.1, 0.15) is 17.9 Å². The molecule has 3 rings (SSSR count). The summed E-state index contributed by atoms with van der Waals surface area (Å²) in [6, 6.07) is 20.6. The molecule has 31 heavy (non-hydrogen) atoms. The Morgan fingerprint density at radius 2 is 1.55 bits per heavy atom. The number of benzene rings is 3. The number of halogens is 1. The summed E-state index contributed by atoms with van der Waals surface area (Å²) in [6.45, 7) is 0. The van der Waals surface area contributed by atoms with E-state index >= 15 is 0 Å². The normalized spacial score (nSPS) is 11.3. The molecule has 0 saturated carbocycles. The van der Waals surface area contributed by atoms with Gasteiger partial charge in [0.2, 0.25) is 0 Å². The van der Waals surface area contributed by atoms with Crippen molar-refractivity contribution in [1.29, 1.82) is 0 Å². The van der Waals surface area contributed by atoms with Crippen LogP contribution in [-0.2, 0) is 14.3 Å². The summed E-state index contributed by atoms with van der Waals surface area (Å²) in [5, 5.41) is 0.298. The Hall–Kier alpha value is -3.51. The maximum Gasteiger partial charge on any atom is 0.313 e. The van der Waals surface area contributed by atoms with Crippen molar-refractivity contribution in [3.63, 3.8) is 0 Å². The molecule has 1 unspecified atom stereocenters. The van der Waals surface area contributed by atoms with Gasteiger partial charge in [-0.2, -0.15) is 0 Å². The molecule has 1 atom stereocenters. The highest BCUT2D eigenvalue weighted by Gasteiger charge is 2.29. The number of hydrogen-bond acceptors (Lipinski definition) is 6. The summed E-state index contributed by atoms with van der Waals surface area (Å²) >= 11 is 6.05. The molecule has 7 heteroatoms. The van der Waals surface area contributed by atoms with Crippen LogP contribution in [0.15, 0.2) is 72.8 Å².